The maximum atomic E-state index is 13.0. The van der Waals surface area contributed by atoms with Gasteiger partial charge in [0, 0.05) is 25.2 Å². The van der Waals surface area contributed by atoms with Gasteiger partial charge in [-0.05, 0) is 47.7 Å². The van der Waals surface area contributed by atoms with E-state index in [-0.39, 0.29) is 18.6 Å². The van der Waals surface area contributed by atoms with Crippen LogP contribution in [0.15, 0.2) is 66.9 Å². The third-order valence-corrected chi connectivity index (χ3v) is 6.14. The van der Waals surface area contributed by atoms with Gasteiger partial charge in [-0.25, -0.2) is 4.98 Å². The highest BCUT2D eigenvalue weighted by Gasteiger charge is 2.26. The molecule has 0 radical (unpaired) electrons. The van der Waals surface area contributed by atoms with Gasteiger partial charge in [0.15, 0.2) is 0 Å². The minimum atomic E-state index is -0.708. The van der Waals surface area contributed by atoms with Crippen molar-refractivity contribution >= 4 is 16.8 Å². The molecule has 2 unspecified atom stereocenters. The van der Waals surface area contributed by atoms with Gasteiger partial charge in [0.05, 0.1) is 30.0 Å². The maximum absolute atomic E-state index is 13.0. The molecule has 1 saturated heterocycles. The molecule has 2 aromatic carbocycles. The number of nitrogens with zero attached hydrogens (tertiary/aromatic N) is 3. The summed E-state index contributed by atoms with van der Waals surface area (Å²) in [4.78, 5) is 17.6. The Morgan fingerprint density at radius 3 is 2.76 bits per heavy atom. The lowest BCUT2D eigenvalue weighted by Gasteiger charge is -2.28. The molecule has 4 aromatic rings. The number of carbonyl (C=O) groups is 1. The molecule has 33 heavy (non-hydrogen) atoms. The van der Waals surface area contributed by atoms with Gasteiger partial charge < -0.3 is 15.2 Å². The molecule has 5 rings (SSSR count). The van der Waals surface area contributed by atoms with Crippen LogP contribution in [0.1, 0.15) is 28.0 Å². The van der Waals surface area contributed by atoms with Crippen molar-refractivity contribution in [2.45, 2.75) is 25.0 Å². The van der Waals surface area contributed by atoms with Gasteiger partial charge >= 0.3 is 0 Å². The number of aromatic nitrogens is 3. The van der Waals surface area contributed by atoms with E-state index in [9.17, 15) is 9.90 Å². The average molecular weight is 443 g/mol. The van der Waals surface area contributed by atoms with Crippen LogP contribution in [-0.4, -0.2) is 51.1 Å². The van der Waals surface area contributed by atoms with Crippen LogP contribution in [0.3, 0.4) is 0 Å². The fourth-order valence-electron chi connectivity index (χ4n) is 4.31. The number of aryl methyl sites for hydroxylation is 1. The molecule has 7 nitrogen and oxygen atoms in total. The molecule has 0 aliphatic carbocycles. The predicted octanol–water partition coefficient (Wildman–Crippen LogP) is 3.11. The summed E-state index contributed by atoms with van der Waals surface area (Å²) in [7, 11) is 1.93. The highest BCUT2D eigenvalue weighted by atomic mass is 16.5. The number of carbonyl (C=O) groups excluding carboxylic acids is 1. The summed E-state index contributed by atoms with van der Waals surface area (Å²) in [5.41, 5.74) is 5.47. The number of rotatable bonds is 5. The number of ether oxygens (including phenoxy) is 1. The van der Waals surface area contributed by atoms with Crippen LogP contribution in [0.5, 0.6) is 0 Å². The van der Waals surface area contributed by atoms with Crippen LogP contribution in [-0.2, 0) is 18.2 Å². The molecule has 7 heteroatoms. The Morgan fingerprint density at radius 2 is 2.00 bits per heavy atom. The molecular formula is C26H26N4O3. The van der Waals surface area contributed by atoms with E-state index in [2.05, 4.69) is 39.7 Å². The third kappa shape index (κ3) is 4.51. The molecule has 0 bridgehead atoms. The summed E-state index contributed by atoms with van der Waals surface area (Å²) in [6, 6.07) is 19.8. The van der Waals surface area contributed by atoms with Crippen molar-refractivity contribution in [2.24, 2.45) is 7.05 Å². The number of nitrogens with one attached hydrogen (secondary N) is 1. The first-order valence-corrected chi connectivity index (χ1v) is 11.1. The molecular weight excluding hydrogens is 416 g/mol. The van der Waals surface area contributed by atoms with Crippen molar-refractivity contribution in [3.63, 3.8) is 0 Å². The first kappa shape index (κ1) is 21.3. The fraction of sp³-hybridized carbons (Fsp3) is 0.269. The molecule has 168 valence electrons. The topological polar surface area (TPSA) is 89.3 Å². The monoisotopic (exact) mass is 442 g/mol. The standard InChI is InChI=1S/C26H26N4O3/c1-30-24(10-12-27-30)18-8-6-17(7-9-18)14-19-15-23(28-21-5-3-2-4-20(19)21)26(32)29-22-11-13-33-16-25(22)31/h2-10,12,15,22,25,31H,11,13-14,16H2,1H3,(H,29,32). The summed E-state index contributed by atoms with van der Waals surface area (Å²) in [5, 5.41) is 18.3. The predicted molar refractivity (Wildman–Crippen MR) is 126 cm³/mol. The number of hydrogen-bond acceptors (Lipinski definition) is 5. The number of para-hydroxylation sites is 1. The second-order valence-corrected chi connectivity index (χ2v) is 8.41. The lowest BCUT2D eigenvalue weighted by Crippen LogP contribution is -2.48. The molecule has 0 saturated carbocycles. The zero-order chi connectivity index (χ0) is 22.8. The quantitative estimate of drug-likeness (QED) is 0.496. The molecule has 1 aliphatic rings. The highest BCUT2D eigenvalue weighted by Crippen LogP contribution is 2.24. The van der Waals surface area contributed by atoms with Crippen LogP contribution >= 0.6 is 0 Å². The molecule has 2 N–H and O–H groups in total. The van der Waals surface area contributed by atoms with Crippen molar-refractivity contribution in [1.29, 1.82) is 0 Å². The largest absolute Gasteiger partial charge is 0.389 e. The smallest absolute Gasteiger partial charge is 0.270 e. The number of hydrogen-bond donors (Lipinski definition) is 2. The first-order valence-electron chi connectivity index (χ1n) is 11.1. The first-order chi connectivity index (χ1) is 16.1. The van der Waals surface area contributed by atoms with Gasteiger partial charge in [-0.2, -0.15) is 5.10 Å². The van der Waals surface area contributed by atoms with Gasteiger partial charge in [0.1, 0.15) is 5.69 Å². The van der Waals surface area contributed by atoms with E-state index in [0.29, 0.717) is 25.1 Å². The van der Waals surface area contributed by atoms with E-state index in [1.165, 1.54) is 0 Å². The summed E-state index contributed by atoms with van der Waals surface area (Å²) in [6.45, 7) is 0.753. The summed E-state index contributed by atoms with van der Waals surface area (Å²) in [6.07, 6.45) is 2.34. The second kappa shape index (κ2) is 9.13. The molecule has 3 heterocycles. The number of amides is 1. The van der Waals surface area contributed by atoms with Gasteiger partial charge in [-0.3, -0.25) is 9.48 Å². The highest BCUT2D eigenvalue weighted by molar-refractivity contribution is 5.96. The zero-order valence-electron chi connectivity index (χ0n) is 18.4. The SMILES string of the molecule is Cn1nccc1-c1ccc(Cc2cc(C(=O)NC3CCOCC3O)nc3ccccc23)cc1. The molecule has 2 atom stereocenters. The molecule has 1 amide bonds. The minimum Gasteiger partial charge on any atom is -0.389 e. The van der Waals surface area contributed by atoms with Crippen LogP contribution in [0.25, 0.3) is 22.2 Å². The Bertz CT molecular complexity index is 1280. The van der Waals surface area contributed by atoms with E-state index in [4.69, 9.17) is 4.74 Å². The Balaban J connectivity index is 1.42. The summed E-state index contributed by atoms with van der Waals surface area (Å²) >= 11 is 0. The number of aliphatic hydroxyl groups excluding tert-OH is 1. The fourth-order valence-corrected chi connectivity index (χ4v) is 4.31. The lowest BCUT2D eigenvalue weighted by molar-refractivity contribution is -0.0261. The van der Waals surface area contributed by atoms with E-state index in [0.717, 1.165) is 33.3 Å². The Hall–Kier alpha value is -3.55. The van der Waals surface area contributed by atoms with Crippen molar-refractivity contribution in [1.82, 2.24) is 20.1 Å². The summed E-state index contributed by atoms with van der Waals surface area (Å²) in [5.74, 6) is -0.278. The molecule has 0 spiro atoms. The number of benzene rings is 2. The van der Waals surface area contributed by atoms with Gasteiger partial charge in [-0.15, -0.1) is 0 Å². The zero-order valence-corrected chi connectivity index (χ0v) is 18.4. The van der Waals surface area contributed by atoms with Gasteiger partial charge in [0.25, 0.3) is 5.91 Å². The molecule has 1 aliphatic heterocycles. The van der Waals surface area contributed by atoms with Crippen molar-refractivity contribution < 1.29 is 14.6 Å². The third-order valence-electron chi connectivity index (χ3n) is 6.14. The van der Waals surface area contributed by atoms with E-state index < -0.39 is 6.10 Å². The van der Waals surface area contributed by atoms with Crippen LogP contribution < -0.4 is 5.32 Å². The lowest BCUT2D eigenvalue weighted by atomic mass is 9.98. The number of pyridine rings is 1. The van der Waals surface area contributed by atoms with E-state index >= 15 is 0 Å². The Morgan fingerprint density at radius 1 is 1.18 bits per heavy atom. The van der Waals surface area contributed by atoms with Gasteiger partial charge in [-0.1, -0.05) is 42.5 Å². The summed E-state index contributed by atoms with van der Waals surface area (Å²) < 4.78 is 7.11. The van der Waals surface area contributed by atoms with E-state index in [1.807, 2.05) is 48.1 Å². The van der Waals surface area contributed by atoms with Crippen molar-refractivity contribution in [2.75, 3.05) is 13.2 Å². The second-order valence-electron chi connectivity index (χ2n) is 8.41. The van der Waals surface area contributed by atoms with Crippen LogP contribution in [0, 0.1) is 0 Å². The van der Waals surface area contributed by atoms with Crippen molar-refractivity contribution in [3.8, 4) is 11.3 Å². The van der Waals surface area contributed by atoms with E-state index in [1.54, 1.807) is 6.20 Å². The van der Waals surface area contributed by atoms with Crippen molar-refractivity contribution in [3.05, 3.63) is 83.7 Å². The van der Waals surface area contributed by atoms with Crippen LogP contribution in [0.4, 0.5) is 0 Å². The number of fused-ring (bicyclic) bond motifs is 1. The minimum absolute atomic E-state index is 0.232. The Labute approximate surface area is 192 Å². The average Bonchev–Trinajstić information content (AvgIpc) is 3.26. The maximum Gasteiger partial charge on any atom is 0.270 e. The molecule has 1 fully saturated rings. The van der Waals surface area contributed by atoms with Crippen LogP contribution in [0.2, 0.25) is 0 Å². The Kier molecular flexibility index (Phi) is 5.90. The molecule has 2 aromatic heterocycles. The van der Waals surface area contributed by atoms with Gasteiger partial charge in [0.2, 0.25) is 0 Å². The normalized spacial score (nSPS) is 18.4. The number of aliphatic hydroxyl groups is 1.